The zero-order valence-electron chi connectivity index (χ0n) is 11.2. The third-order valence-electron chi connectivity index (χ3n) is 4.14. The van der Waals surface area contributed by atoms with E-state index in [9.17, 15) is 9.59 Å². The fourth-order valence-corrected chi connectivity index (χ4v) is 3.89. The van der Waals surface area contributed by atoms with E-state index in [1.807, 2.05) is 23.6 Å². The number of hydrogen-bond acceptors (Lipinski definition) is 3. The average Bonchev–Trinajstić information content (AvgIpc) is 2.37. The van der Waals surface area contributed by atoms with Crippen LogP contribution >= 0.6 is 11.8 Å². The number of nitrogens with one attached hydrogen (secondary N) is 1. The first-order valence-corrected chi connectivity index (χ1v) is 7.94. The predicted molar refractivity (Wildman–Crippen MR) is 73.6 cm³/mol. The molecule has 0 aromatic heterocycles. The van der Waals surface area contributed by atoms with Crippen LogP contribution in [0.15, 0.2) is 0 Å². The molecule has 5 heteroatoms. The lowest BCUT2D eigenvalue weighted by Crippen LogP contribution is -2.57. The number of thioether (sulfide) groups is 1. The summed E-state index contributed by atoms with van der Waals surface area (Å²) in [6.07, 6.45) is 8.32. The van der Waals surface area contributed by atoms with E-state index >= 15 is 0 Å². The van der Waals surface area contributed by atoms with Gasteiger partial charge in [0.1, 0.15) is 0 Å². The van der Waals surface area contributed by atoms with Crippen molar-refractivity contribution in [3.8, 4) is 0 Å². The molecule has 1 N–H and O–H groups in total. The van der Waals surface area contributed by atoms with Crippen molar-refractivity contribution < 1.29 is 9.59 Å². The summed E-state index contributed by atoms with van der Waals surface area (Å²) in [5.74, 6) is -0.233. The lowest BCUT2D eigenvalue weighted by molar-refractivity contribution is -0.125. The summed E-state index contributed by atoms with van der Waals surface area (Å²) in [6, 6.07) is -0.211. The Balaban J connectivity index is 2.02. The summed E-state index contributed by atoms with van der Waals surface area (Å²) >= 11 is 1.88. The van der Waals surface area contributed by atoms with Gasteiger partial charge in [-0.3, -0.25) is 10.1 Å². The molecule has 0 bridgehead atoms. The first-order valence-electron chi connectivity index (χ1n) is 6.71. The normalized spacial score (nSPS) is 28.1. The Hall–Kier alpha value is -0.710. The van der Waals surface area contributed by atoms with Crippen LogP contribution in [0.2, 0.25) is 0 Å². The van der Waals surface area contributed by atoms with E-state index in [1.165, 1.54) is 32.1 Å². The minimum atomic E-state index is -0.211. The van der Waals surface area contributed by atoms with Gasteiger partial charge in [0.05, 0.1) is 5.92 Å². The van der Waals surface area contributed by atoms with Crippen LogP contribution in [-0.2, 0) is 4.79 Å². The van der Waals surface area contributed by atoms with E-state index in [4.69, 9.17) is 0 Å². The second-order valence-electron chi connectivity index (χ2n) is 5.52. The highest BCUT2D eigenvalue weighted by Crippen LogP contribution is 2.39. The van der Waals surface area contributed by atoms with E-state index in [2.05, 4.69) is 11.6 Å². The van der Waals surface area contributed by atoms with Gasteiger partial charge in [-0.05, 0) is 19.1 Å². The highest BCUT2D eigenvalue weighted by molar-refractivity contribution is 8.00. The second kappa shape index (κ2) is 5.51. The summed E-state index contributed by atoms with van der Waals surface area (Å²) in [4.78, 5) is 25.1. The van der Waals surface area contributed by atoms with Gasteiger partial charge in [-0.25, -0.2) is 4.79 Å². The summed E-state index contributed by atoms with van der Waals surface area (Å²) in [6.45, 7) is 3.21. The molecule has 0 aromatic rings. The molecule has 102 valence electrons. The first-order chi connectivity index (χ1) is 8.56. The second-order valence-corrected chi connectivity index (χ2v) is 6.80. The largest absolute Gasteiger partial charge is 0.324 e. The molecule has 4 nitrogen and oxygen atoms in total. The van der Waals surface area contributed by atoms with Gasteiger partial charge in [0.2, 0.25) is 5.91 Å². The highest BCUT2D eigenvalue weighted by Gasteiger charge is 2.37. The molecule has 1 unspecified atom stereocenters. The number of urea groups is 1. The minimum Gasteiger partial charge on any atom is -0.322 e. The van der Waals surface area contributed by atoms with Crippen molar-refractivity contribution in [2.75, 3.05) is 19.3 Å². The Labute approximate surface area is 113 Å². The van der Waals surface area contributed by atoms with E-state index in [0.717, 1.165) is 6.54 Å². The van der Waals surface area contributed by atoms with Crippen LogP contribution in [0, 0.1) is 5.92 Å². The van der Waals surface area contributed by atoms with Crippen LogP contribution in [0.3, 0.4) is 0 Å². The first kappa shape index (κ1) is 13.7. The smallest absolute Gasteiger partial charge is 0.322 e. The monoisotopic (exact) mass is 270 g/mol. The quantitative estimate of drug-likeness (QED) is 0.855. The standard InChI is InChI=1S/C13H22N2O2S/c1-10-8-15(12(17)14-11(10)16)9-13(18-2)6-4-3-5-7-13/h10H,3-9H2,1-2H3,(H,14,16,17). The number of carbonyl (C=O) groups excluding carboxylic acids is 2. The summed E-state index contributed by atoms with van der Waals surface area (Å²) in [5.41, 5.74) is 0. The van der Waals surface area contributed by atoms with Crippen LogP contribution in [0.4, 0.5) is 4.79 Å². The number of nitrogens with zero attached hydrogens (tertiary/aromatic N) is 1. The van der Waals surface area contributed by atoms with Crippen molar-refractivity contribution in [1.29, 1.82) is 0 Å². The minimum absolute atomic E-state index is 0.0924. The Kier molecular flexibility index (Phi) is 4.20. The zero-order valence-corrected chi connectivity index (χ0v) is 12.0. The van der Waals surface area contributed by atoms with Gasteiger partial charge in [-0.2, -0.15) is 11.8 Å². The molecular formula is C13H22N2O2S. The fraction of sp³-hybridized carbons (Fsp3) is 0.846. The van der Waals surface area contributed by atoms with Crippen molar-refractivity contribution in [1.82, 2.24) is 10.2 Å². The van der Waals surface area contributed by atoms with Crippen LogP contribution in [-0.4, -0.2) is 40.9 Å². The van der Waals surface area contributed by atoms with E-state index in [-0.39, 0.29) is 22.6 Å². The maximum Gasteiger partial charge on any atom is 0.324 e. The van der Waals surface area contributed by atoms with Crippen molar-refractivity contribution in [3.05, 3.63) is 0 Å². The molecule has 0 radical (unpaired) electrons. The molecule has 1 saturated carbocycles. The van der Waals surface area contributed by atoms with Gasteiger partial charge in [0.25, 0.3) is 0 Å². The third kappa shape index (κ3) is 2.82. The Morgan fingerprint density at radius 1 is 1.33 bits per heavy atom. The Bertz CT molecular complexity index is 340. The van der Waals surface area contributed by atoms with Crippen LogP contribution < -0.4 is 5.32 Å². The molecule has 18 heavy (non-hydrogen) atoms. The van der Waals surface area contributed by atoms with Crippen LogP contribution in [0.25, 0.3) is 0 Å². The molecule has 3 amide bonds. The van der Waals surface area contributed by atoms with Crippen molar-refractivity contribution in [2.24, 2.45) is 5.92 Å². The highest BCUT2D eigenvalue weighted by atomic mass is 32.2. The lowest BCUT2D eigenvalue weighted by atomic mass is 9.87. The van der Waals surface area contributed by atoms with E-state index in [0.29, 0.717) is 6.54 Å². The van der Waals surface area contributed by atoms with Crippen molar-refractivity contribution >= 4 is 23.7 Å². The summed E-state index contributed by atoms with van der Waals surface area (Å²) in [7, 11) is 0. The fourth-order valence-electron chi connectivity index (χ4n) is 2.91. The molecule has 1 heterocycles. The Morgan fingerprint density at radius 2 is 2.00 bits per heavy atom. The molecule has 2 rings (SSSR count). The molecule has 2 fully saturated rings. The molecule has 1 aliphatic carbocycles. The maximum atomic E-state index is 11.9. The third-order valence-corrected chi connectivity index (χ3v) is 5.54. The molecular weight excluding hydrogens is 248 g/mol. The number of rotatable bonds is 3. The molecule has 1 saturated heterocycles. The van der Waals surface area contributed by atoms with Crippen molar-refractivity contribution in [3.63, 3.8) is 0 Å². The number of imide groups is 1. The van der Waals surface area contributed by atoms with E-state index in [1.54, 1.807) is 0 Å². The number of hydrogen-bond donors (Lipinski definition) is 1. The van der Waals surface area contributed by atoms with Gasteiger partial charge in [-0.1, -0.05) is 26.2 Å². The van der Waals surface area contributed by atoms with Gasteiger partial charge in [0, 0.05) is 17.8 Å². The number of carbonyl (C=O) groups is 2. The van der Waals surface area contributed by atoms with Gasteiger partial charge in [0.15, 0.2) is 0 Å². The zero-order chi connectivity index (χ0) is 13.2. The van der Waals surface area contributed by atoms with Crippen LogP contribution in [0.5, 0.6) is 0 Å². The number of amides is 3. The van der Waals surface area contributed by atoms with Gasteiger partial charge < -0.3 is 4.90 Å². The molecule has 0 spiro atoms. The SMILES string of the molecule is CSC1(CN2CC(C)C(=O)NC2=O)CCCCC1. The molecule has 1 aliphatic heterocycles. The van der Waals surface area contributed by atoms with Crippen molar-refractivity contribution in [2.45, 2.75) is 43.8 Å². The van der Waals surface area contributed by atoms with Crippen LogP contribution in [0.1, 0.15) is 39.0 Å². The summed E-state index contributed by atoms with van der Waals surface area (Å²) < 4.78 is 0.204. The van der Waals surface area contributed by atoms with Gasteiger partial charge >= 0.3 is 6.03 Å². The lowest BCUT2D eigenvalue weighted by Gasteiger charge is -2.41. The topological polar surface area (TPSA) is 49.4 Å². The molecule has 1 atom stereocenters. The average molecular weight is 270 g/mol. The van der Waals surface area contributed by atoms with E-state index < -0.39 is 0 Å². The predicted octanol–water partition coefficient (Wildman–Crippen LogP) is 2.24. The molecule has 0 aromatic carbocycles. The summed E-state index contributed by atoms with van der Waals surface area (Å²) in [5, 5.41) is 2.45. The maximum absolute atomic E-state index is 11.9. The van der Waals surface area contributed by atoms with Gasteiger partial charge in [-0.15, -0.1) is 0 Å². The Morgan fingerprint density at radius 3 is 2.61 bits per heavy atom. The molecule has 2 aliphatic rings.